The van der Waals surface area contributed by atoms with Crippen LogP contribution >= 0.6 is 24.0 Å². The first-order valence-electron chi connectivity index (χ1n) is 8.51. The first-order valence-corrected chi connectivity index (χ1v) is 8.51. The van der Waals surface area contributed by atoms with Crippen LogP contribution in [0, 0.1) is 5.92 Å². The summed E-state index contributed by atoms with van der Waals surface area (Å²) in [4.78, 5) is 4.30. The highest BCUT2D eigenvalue weighted by Crippen LogP contribution is 2.15. The SMILES string of the molecule is CN=C(NCc1cnn(C)c1)NC(C)c1ccc(CC(C)C)cc1.I. The van der Waals surface area contributed by atoms with Gasteiger partial charge in [-0.1, -0.05) is 38.1 Å². The highest BCUT2D eigenvalue weighted by atomic mass is 127. The number of benzene rings is 1. The molecule has 25 heavy (non-hydrogen) atoms. The van der Waals surface area contributed by atoms with Crippen molar-refractivity contribution < 1.29 is 0 Å². The number of guanidine groups is 1. The highest BCUT2D eigenvalue weighted by molar-refractivity contribution is 14.0. The van der Waals surface area contributed by atoms with Crippen LogP contribution in [0.4, 0.5) is 0 Å². The number of hydrogen-bond acceptors (Lipinski definition) is 2. The van der Waals surface area contributed by atoms with E-state index < -0.39 is 0 Å². The molecular weight excluding hydrogens is 425 g/mol. The second-order valence-electron chi connectivity index (χ2n) is 6.65. The Kier molecular flexibility index (Phi) is 8.96. The Bertz CT molecular complexity index is 661. The third kappa shape index (κ3) is 7.05. The molecule has 1 atom stereocenters. The number of aliphatic imine (C=N–C) groups is 1. The van der Waals surface area contributed by atoms with E-state index in [0.717, 1.165) is 17.9 Å². The van der Waals surface area contributed by atoms with E-state index in [2.05, 4.69) is 65.8 Å². The van der Waals surface area contributed by atoms with Crippen LogP contribution in [0.25, 0.3) is 0 Å². The van der Waals surface area contributed by atoms with Gasteiger partial charge in [-0.2, -0.15) is 5.10 Å². The van der Waals surface area contributed by atoms with Gasteiger partial charge in [0, 0.05) is 32.4 Å². The van der Waals surface area contributed by atoms with Gasteiger partial charge in [0.1, 0.15) is 0 Å². The summed E-state index contributed by atoms with van der Waals surface area (Å²) < 4.78 is 1.80. The number of aryl methyl sites for hydroxylation is 1. The summed E-state index contributed by atoms with van der Waals surface area (Å²) in [7, 11) is 3.71. The number of nitrogens with zero attached hydrogens (tertiary/aromatic N) is 3. The maximum atomic E-state index is 4.30. The Hall–Kier alpha value is -1.57. The van der Waals surface area contributed by atoms with E-state index in [1.165, 1.54) is 11.1 Å². The van der Waals surface area contributed by atoms with E-state index in [1.807, 2.05) is 19.4 Å². The molecule has 0 aliphatic rings. The Morgan fingerprint density at radius 2 is 1.84 bits per heavy atom. The first kappa shape index (κ1) is 21.5. The number of aromatic nitrogens is 2. The van der Waals surface area contributed by atoms with Gasteiger partial charge in [-0.3, -0.25) is 9.67 Å². The van der Waals surface area contributed by atoms with Gasteiger partial charge in [0.05, 0.1) is 12.2 Å². The normalized spacial score (nSPS) is 12.6. The van der Waals surface area contributed by atoms with Gasteiger partial charge in [0.2, 0.25) is 0 Å². The summed E-state index contributed by atoms with van der Waals surface area (Å²) in [5.74, 6) is 1.47. The van der Waals surface area contributed by atoms with Crippen molar-refractivity contribution in [1.29, 1.82) is 0 Å². The average molecular weight is 455 g/mol. The molecule has 5 nitrogen and oxygen atoms in total. The molecule has 0 radical (unpaired) electrons. The van der Waals surface area contributed by atoms with Crippen molar-refractivity contribution in [2.45, 2.75) is 39.8 Å². The number of hydrogen-bond donors (Lipinski definition) is 2. The molecule has 1 aromatic heterocycles. The molecule has 6 heteroatoms. The molecule has 0 saturated carbocycles. The molecule has 0 bridgehead atoms. The molecule has 0 spiro atoms. The van der Waals surface area contributed by atoms with E-state index in [9.17, 15) is 0 Å². The lowest BCUT2D eigenvalue weighted by molar-refractivity contribution is 0.645. The Labute approximate surface area is 168 Å². The molecule has 1 aromatic carbocycles. The fourth-order valence-corrected chi connectivity index (χ4v) is 2.65. The molecule has 138 valence electrons. The summed E-state index contributed by atoms with van der Waals surface area (Å²) in [6, 6.07) is 9.03. The molecule has 2 N–H and O–H groups in total. The van der Waals surface area contributed by atoms with E-state index in [1.54, 1.807) is 11.7 Å². The number of nitrogens with one attached hydrogen (secondary N) is 2. The molecule has 2 rings (SSSR count). The van der Waals surface area contributed by atoms with Crippen molar-refractivity contribution in [3.63, 3.8) is 0 Å². The highest BCUT2D eigenvalue weighted by Gasteiger charge is 2.08. The predicted octanol–water partition coefficient (Wildman–Crippen LogP) is 3.66. The van der Waals surface area contributed by atoms with Gasteiger partial charge in [0.25, 0.3) is 0 Å². The van der Waals surface area contributed by atoms with Crippen LogP contribution in [0.3, 0.4) is 0 Å². The molecule has 2 aromatic rings. The smallest absolute Gasteiger partial charge is 0.191 e. The van der Waals surface area contributed by atoms with Crippen LogP contribution in [0.5, 0.6) is 0 Å². The lowest BCUT2D eigenvalue weighted by Crippen LogP contribution is -2.38. The van der Waals surface area contributed by atoms with Gasteiger partial charge < -0.3 is 10.6 Å². The maximum Gasteiger partial charge on any atom is 0.191 e. The molecule has 1 heterocycles. The van der Waals surface area contributed by atoms with Gasteiger partial charge in [0.15, 0.2) is 5.96 Å². The zero-order valence-corrected chi connectivity index (χ0v) is 18.1. The predicted molar refractivity (Wildman–Crippen MR) is 115 cm³/mol. The van der Waals surface area contributed by atoms with Crippen LogP contribution in [-0.2, 0) is 20.0 Å². The van der Waals surface area contributed by atoms with Crippen LogP contribution in [0.1, 0.15) is 43.5 Å². The monoisotopic (exact) mass is 455 g/mol. The fraction of sp³-hybridized carbons (Fsp3) is 0.474. The quantitative estimate of drug-likeness (QED) is 0.397. The molecular formula is C19H30IN5. The average Bonchev–Trinajstić information content (AvgIpc) is 2.96. The number of rotatable bonds is 6. The standard InChI is InChI=1S/C19H29N5.HI/c1-14(2)10-16-6-8-18(9-7-16)15(3)23-19(20-4)21-11-17-12-22-24(5)13-17;/h6-9,12-15H,10-11H2,1-5H3,(H2,20,21,23);1H. The lowest BCUT2D eigenvalue weighted by Gasteiger charge is -2.18. The van der Waals surface area contributed by atoms with Crippen molar-refractivity contribution in [3.05, 3.63) is 53.3 Å². The van der Waals surface area contributed by atoms with E-state index in [0.29, 0.717) is 12.5 Å². The molecule has 0 amide bonds. The fourth-order valence-electron chi connectivity index (χ4n) is 2.65. The topological polar surface area (TPSA) is 54.2 Å². The zero-order valence-electron chi connectivity index (χ0n) is 15.8. The minimum Gasteiger partial charge on any atom is -0.352 e. The summed E-state index contributed by atoms with van der Waals surface area (Å²) in [5.41, 5.74) is 3.78. The Morgan fingerprint density at radius 3 is 2.36 bits per heavy atom. The minimum atomic E-state index is 0. The summed E-state index contributed by atoms with van der Waals surface area (Å²) in [6.07, 6.45) is 4.98. The van der Waals surface area contributed by atoms with Crippen LogP contribution in [0.2, 0.25) is 0 Å². The largest absolute Gasteiger partial charge is 0.352 e. The summed E-state index contributed by atoms with van der Waals surface area (Å²) in [6.45, 7) is 7.34. The summed E-state index contributed by atoms with van der Waals surface area (Å²) in [5, 5.41) is 10.9. The third-order valence-corrected chi connectivity index (χ3v) is 3.92. The third-order valence-electron chi connectivity index (χ3n) is 3.92. The van der Waals surface area contributed by atoms with Crippen molar-refractivity contribution >= 4 is 29.9 Å². The maximum absolute atomic E-state index is 4.30. The lowest BCUT2D eigenvalue weighted by atomic mass is 10.00. The van der Waals surface area contributed by atoms with Gasteiger partial charge in [-0.15, -0.1) is 24.0 Å². The van der Waals surface area contributed by atoms with Crippen molar-refractivity contribution in [2.24, 2.45) is 18.0 Å². The van der Waals surface area contributed by atoms with E-state index in [-0.39, 0.29) is 30.0 Å². The van der Waals surface area contributed by atoms with E-state index >= 15 is 0 Å². The van der Waals surface area contributed by atoms with Crippen LogP contribution in [-0.4, -0.2) is 22.8 Å². The van der Waals surface area contributed by atoms with E-state index in [4.69, 9.17) is 0 Å². The van der Waals surface area contributed by atoms with Crippen LogP contribution in [0.15, 0.2) is 41.7 Å². The number of halogens is 1. The molecule has 0 aliphatic heterocycles. The van der Waals surface area contributed by atoms with Crippen molar-refractivity contribution in [1.82, 2.24) is 20.4 Å². The van der Waals surface area contributed by atoms with Gasteiger partial charge in [-0.25, -0.2) is 0 Å². The molecule has 0 fully saturated rings. The second kappa shape index (κ2) is 10.4. The Balaban J connectivity index is 0.00000312. The minimum absolute atomic E-state index is 0. The van der Waals surface area contributed by atoms with Crippen molar-refractivity contribution in [2.75, 3.05) is 7.05 Å². The van der Waals surface area contributed by atoms with Gasteiger partial charge >= 0.3 is 0 Å². The molecule has 1 unspecified atom stereocenters. The second-order valence-corrected chi connectivity index (χ2v) is 6.65. The molecule has 0 saturated heterocycles. The Morgan fingerprint density at radius 1 is 1.16 bits per heavy atom. The summed E-state index contributed by atoms with van der Waals surface area (Å²) >= 11 is 0. The zero-order chi connectivity index (χ0) is 17.5. The van der Waals surface area contributed by atoms with Crippen LogP contribution < -0.4 is 10.6 Å². The van der Waals surface area contributed by atoms with Gasteiger partial charge in [-0.05, 0) is 30.4 Å². The van der Waals surface area contributed by atoms with Crippen molar-refractivity contribution in [3.8, 4) is 0 Å². The molecule has 0 aliphatic carbocycles. The first-order chi connectivity index (χ1) is 11.5.